The van der Waals surface area contributed by atoms with E-state index in [2.05, 4.69) is 23.2 Å². The molecular formula is C16H30N2. The Bertz CT molecular complexity index is 260. The van der Waals surface area contributed by atoms with E-state index in [4.69, 9.17) is 0 Å². The predicted molar refractivity (Wildman–Crippen MR) is 78.9 cm³/mol. The molecule has 1 unspecified atom stereocenters. The summed E-state index contributed by atoms with van der Waals surface area (Å²) < 4.78 is 0. The largest absolute Gasteiger partial charge is 0.313 e. The summed E-state index contributed by atoms with van der Waals surface area (Å²) >= 11 is 0. The SMILES string of the molecule is CCCC1CN(CCC2=CCCCC2)CCCN1. The van der Waals surface area contributed by atoms with Gasteiger partial charge in [-0.3, -0.25) is 0 Å². The van der Waals surface area contributed by atoms with Gasteiger partial charge in [0.1, 0.15) is 0 Å². The summed E-state index contributed by atoms with van der Waals surface area (Å²) in [6.07, 6.45) is 13.3. The minimum Gasteiger partial charge on any atom is -0.313 e. The van der Waals surface area contributed by atoms with Gasteiger partial charge in [0.15, 0.2) is 0 Å². The van der Waals surface area contributed by atoms with Gasteiger partial charge >= 0.3 is 0 Å². The van der Waals surface area contributed by atoms with E-state index in [1.54, 1.807) is 5.57 Å². The maximum absolute atomic E-state index is 3.69. The van der Waals surface area contributed by atoms with Crippen molar-refractivity contribution in [3.8, 4) is 0 Å². The molecule has 1 aliphatic heterocycles. The van der Waals surface area contributed by atoms with Gasteiger partial charge in [-0.15, -0.1) is 0 Å². The van der Waals surface area contributed by atoms with Crippen molar-refractivity contribution < 1.29 is 0 Å². The minimum atomic E-state index is 0.734. The third-order valence-corrected chi connectivity index (χ3v) is 4.33. The number of allylic oxidation sites excluding steroid dienone is 1. The lowest BCUT2D eigenvalue weighted by molar-refractivity contribution is 0.264. The quantitative estimate of drug-likeness (QED) is 0.753. The lowest BCUT2D eigenvalue weighted by atomic mass is 9.97. The summed E-state index contributed by atoms with van der Waals surface area (Å²) in [5.41, 5.74) is 1.73. The Kier molecular flexibility index (Phi) is 6.22. The second kappa shape index (κ2) is 7.96. The summed E-state index contributed by atoms with van der Waals surface area (Å²) in [6, 6.07) is 0.734. The molecule has 0 aromatic carbocycles. The molecule has 1 aliphatic carbocycles. The van der Waals surface area contributed by atoms with Crippen molar-refractivity contribution in [3.63, 3.8) is 0 Å². The van der Waals surface area contributed by atoms with E-state index in [9.17, 15) is 0 Å². The fourth-order valence-electron chi connectivity index (χ4n) is 3.25. The molecule has 1 atom stereocenters. The zero-order valence-corrected chi connectivity index (χ0v) is 12.1. The maximum Gasteiger partial charge on any atom is 0.0194 e. The van der Waals surface area contributed by atoms with Gasteiger partial charge in [0.2, 0.25) is 0 Å². The van der Waals surface area contributed by atoms with E-state index in [0.717, 1.165) is 6.04 Å². The van der Waals surface area contributed by atoms with Gasteiger partial charge in [-0.2, -0.15) is 0 Å². The number of hydrogen-bond donors (Lipinski definition) is 1. The van der Waals surface area contributed by atoms with Crippen LogP contribution in [0.3, 0.4) is 0 Å². The van der Waals surface area contributed by atoms with Crippen molar-refractivity contribution in [1.29, 1.82) is 0 Å². The van der Waals surface area contributed by atoms with E-state index in [-0.39, 0.29) is 0 Å². The zero-order valence-electron chi connectivity index (χ0n) is 12.1. The molecule has 104 valence electrons. The van der Waals surface area contributed by atoms with Crippen molar-refractivity contribution in [1.82, 2.24) is 10.2 Å². The van der Waals surface area contributed by atoms with E-state index in [1.807, 2.05) is 0 Å². The van der Waals surface area contributed by atoms with Crippen LogP contribution in [0.15, 0.2) is 11.6 Å². The van der Waals surface area contributed by atoms with Crippen LogP contribution in [0.25, 0.3) is 0 Å². The van der Waals surface area contributed by atoms with Gasteiger partial charge < -0.3 is 10.2 Å². The zero-order chi connectivity index (χ0) is 12.6. The molecule has 1 fully saturated rings. The molecular weight excluding hydrogens is 220 g/mol. The molecule has 2 aliphatic rings. The minimum absolute atomic E-state index is 0.734. The molecule has 0 radical (unpaired) electrons. The third-order valence-electron chi connectivity index (χ3n) is 4.33. The van der Waals surface area contributed by atoms with Gasteiger partial charge in [0, 0.05) is 19.1 Å². The van der Waals surface area contributed by atoms with Crippen LogP contribution < -0.4 is 5.32 Å². The fraction of sp³-hybridized carbons (Fsp3) is 0.875. The Balaban J connectivity index is 1.74. The molecule has 1 saturated heterocycles. The summed E-state index contributed by atoms with van der Waals surface area (Å²) in [4.78, 5) is 2.69. The highest BCUT2D eigenvalue weighted by Gasteiger charge is 2.17. The predicted octanol–water partition coefficient (Wildman–Crippen LogP) is 3.34. The first-order valence-corrected chi connectivity index (χ1v) is 8.02. The van der Waals surface area contributed by atoms with Crippen LogP contribution in [0.4, 0.5) is 0 Å². The lowest BCUT2D eigenvalue weighted by Crippen LogP contribution is -2.38. The van der Waals surface area contributed by atoms with E-state index in [1.165, 1.54) is 77.5 Å². The molecule has 1 N–H and O–H groups in total. The van der Waals surface area contributed by atoms with Crippen LogP contribution in [0, 0.1) is 0 Å². The van der Waals surface area contributed by atoms with E-state index >= 15 is 0 Å². The molecule has 0 amide bonds. The molecule has 0 aromatic rings. The molecule has 1 heterocycles. The smallest absolute Gasteiger partial charge is 0.0194 e. The molecule has 2 rings (SSSR count). The van der Waals surface area contributed by atoms with Gasteiger partial charge in [-0.25, -0.2) is 0 Å². The molecule has 2 heteroatoms. The third kappa shape index (κ3) is 4.74. The lowest BCUT2D eigenvalue weighted by Gasteiger charge is -2.25. The van der Waals surface area contributed by atoms with E-state index in [0.29, 0.717) is 0 Å². The Morgan fingerprint density at radius 3 is 3.06 bits per heavy atom. The van der Waals surface area contributed by atoms with Gasteiger partial charge in [-0.05, 0) is 58.0 Å². The standard InChI is InChI=1S/C16H30N2/c1-2-7-16-14-18(12-6-11-17-16)13-10-15-8-4-3-5-9-15/h8,16-17H,2-7,9-14H2,1H3. The van der Waals surface area contributed by atoms with Crippen molar-refractivity contribution in [2.24, 2.45) is 0 Å². The molecule has 0 aromatic heterocycles. The van der Waals surface area contributed by atoms with Gasteiger partial charge in [0.25, 0.3) is 0 Å². The average Bonchev–Trinajstić information content (AvgIpc) is 2.63. The molecule has 0 bridgehead atoms. The van der Waals surface area contributed by atoms with Crippen LogP contribution >= 0.6 is 0 Å². The summed E-state index contributed by atoms with van der Waals surface area (Å²) in [6.45, 7) is 7.35. The van der Waals surface area contributed by atoms with Crippen molar-refractivity contribution >= 4 is 0 Å². The highest BCUT2D eigenvalue weighted by atomic mass is 15.2. The maximum atomic E-state index is 3.69. The Hall–Kier alpha value is -0.340. The average molecular weight is 250 g/mol. The van der Waals surface area contributed by atoms with Crippen LogP contribution in [-0.4, -0.2) is 37.1 Å². The summed E-state index contributed by atoms with van der Waals surface area (Å²) in [5, 5.41) is 3.69. The Morgan fingerprint density at radius 2 is 2.28 bits per heavy atom. The molecule has 18 heavy (non-hydrogen) atoms. The fourth-order valence-corrected chi connectivity index (χ4v) is 3.25. The molecule has 2 nitrogen and oxygen atoms in total. The van der Waals surface area contributed by atoms with Gasteiger partial charge in [0.05, 0.1) is 0 Å². The second-order valence-electron chi connectivity index (χ2n) is 5.95. The second-order valence-corrected chi connectivity index (χ2v) is 5.95. The van der Waals surface area contributed by atoms with Crippen molar-refractivity contribution in [2.45, 2.75) is 64.3 Å². The highest BCUT2D eigenvalue weighted by molar-refractivity contribution is 5.05. The number of rotatable bonds is 5. The number of nitrogens with one attached hydrogen (secondary N) is 1. The monoisotopic (exact) mass is 250 g/mol. The highest BCUT2D eigenvalue weighted by Crippen LogP contribution is 2.20. The number of hydrogen-bond acceptors (Lipinski definition) is 2. The van der Waals surface area contributed by atoms with Crippen LogP contribution in [0.1, 0.15) is 58.3 Å². The van der Waals surface area contributed by atoms with Crippen LogP contribution in [0.5, 0.6) is 0 Å². The Morgan fingerprint density at radius 1 is 1.33 bits per heavy atom. The summed E-state index contributed by atoms with van der Waals surface area (Å²) in [7, 11) is 0. The van der Waals surface area contributed by atoms with E-state index < -0.39 is 0 Å². The first-order chi connectivity index (χ1) is 8.88. The van der Waals surface area contributed by atoms with Crippen molar-refractivity contribution in [2.75, 3.05) is 26.2 Å². The first kappa shape index (κ1) is 14.1. The molecule has 0 saturated carbocycles. The number of nitrogens with zero attached hydrogens (tertiary/aromatic N) is 1. The van der Waals surface area contributed by atoms with Crippen LogP contribution in [-0.2, 0) is 0 Å². The first-order valence-electron chi connectivity index (χ1n) is 8.02. The van der Waals surface area contributed by atoms with Crippen molar-refractivity contribution in [3.05, 3.63) is 11.6 Å². The summed E-state index contributed by atoms with van der Waals surface area (Å²) in [5.74, 6) is 0. The normalized spacial score (nSPS) is 26.7. The topological polar surface area (TPSA) is 15.3 Å². The molecule has 0 spiro atoms. The van der Waals surface area contributed by atoms with Gasteiger partial charge in [-0.1, -0.05) is 25.0 Å². The Labute approximate surface area is 113 Å². The van der Waals surface area contributed by atoms with Crippen LogP contribution in [0.2, 0.25) is 0 Å².